The van der Waals surface area contributed by atoms with Crippen LogP contribution in [0.5, 0.6) is 5.75 Å². The molecule has 1 N–H and O–H groups in total. The zero-order valence-electron chi connectivity index (χ0n) is 8.06. The first-order chi connectivity index (χ1) is 6.90. The quantitative estimate of drug-likeness (QED) is 0.727. The maximum Gasteiger partial charge on any atom is 0.158 e. The molecule has 0 amide bonds. The smallest absolute Gasteiger partial charge is 0.158 e. The molecule has 0 bridgehead atoms. The second-order valence-corrected chi connectivity index (χ2v) is 3.04. The third-order valence-corrected chi connectivity index (χ3v) is 2.10. The SMILES string of the molecule is COc1cnc(C2CNCCO2)nc1. The van der Waals surface area contributed by atoms with Crippen LogP contribution >= 0.6 is 0 Å². The first-order valence-corrected chi connectivity index (χ1v) is 4.58. The number of hydrogen-bond acceptors (Lipinski definition) is 5. The third kappa shape index (κ3) is 2.00. The van der Waals surface area contributed by atoms with Crippen LogP contribution in [0.25, 0.3) is 0 Å². The Morgan fingerprint density at radius 1 is 1.50 bits per heavy atom. The number of nitrogens with one attached hydrogen (secondary N) is 1. The van der Waals surface area contributed by atoms with E-state index in [0.717, 1.165) is 13.1 Å². The summed E-state index contributed by atoms with van der Waals surface area (Å²) in [6, 6.07) is 0. The van der Waals surface area contributed by atoms with Crippen LogP contribution in [-0.4, -0.2) is 36.8 Å². The van der Waals surface area contributed by atoms with Crippen molar-refractivity contribution in [3.63, 3.8) is 0 Å². The molecule has 2 heterocycles. The highest BCUT2D eigenvalue weighted by molar-refractivity contribution is 5.12. The first-order valence-electron chi connectivity index (χ1n) is 4.58. The zero-order chi connectivity index (χ0) is 9.80. The Balaban J connectivity index is 2.07. The second kappa shape index (κ2) is 4.34. The fourth-order valence-electron chi connectivity index (χ4n) is 1.33. The van der Waals surface area contributed by atoms with Gasteiger partial charge in [-0.3, -0.25) is 0 Å². The van der Waals surface area contributed by atoms with E-state index in [2.05, 4.69) is 15.3 Å². The van der Waals surface area contributed by atoms with Crippen molar-refractivity contribution in [3.05, 3.63) is 18.2 Å². The molecule has 1 fully saturated rings. The van der Waals surface area contributed by atoms with E-state index in [1.54, 1.807) is 19.5 Å². The van der Waals surface area contributed by atoms with Crippen LogP contribution in [0.1, 0.15) is 11.9 Å². The van der Waals surface area contributed by atoms with Crippen molar-refractivity contribution in [2.75, 3.05) is 26.8 Å². The molecule has 1 aromatic rings. The molecule has 0 saturated carbocycles. The van der Waals surface area contributed by atoms with Crippen LogP contribution in [-0.2, 0) is 4.74 Å². The summed E-state index contributed by atoms with van der Waals surface area (Å²) in [6.45, 7) is 2.37. The summed E-state index contributed by atoms with van der Waals surface area (Å²) in [5.74, 6) is 1.37. The minimum absolute atomic E-state index is 0.0327. The van der Waals surface area contributed by atoms with Gasteiger partial charge in [0.1, 0.15) is 6.10 Å². The van der Waals surface area contributed by atoms with Gasteiger partial charge in [-0.2, -0.15) is 0 Å². The van der Waals surface area contributed by atoms with Crippen LogP contribution in [0.4, 0.5) is 0 Å². The van der Waals surface area contributed by atoms with Gasteiger partial charge in [0.05, 0.1) is 26.1 Å². The topological polar surface area (TPSA) is 56.3 Å². The molecule has 5 nitrogen and oxygen atoms in total. The van der Waals surface area contributed by atoms with Gasteiger partial charge >= 0.3 is 0 Å². The number of morpholine rings is 1. The van der Waals surface area contributed by atoms with Gasteiger partial charge in [0.25, 0.3) is 0 Å². The van der Waals surface area contributed by atoms with E-state index in [9.17, 15) is 0 Å². The highest BCUT2D eigenvalue weighted by Gasteiger charge is 2.17. The van der Waals surface area contributed by atoms with Crippen LogP contribution in [0.15, 0.2) is 12.4 Å². The van der Waals surface area contributed by atoms with Gasteiger partial charge in [-0.25, -0.2) is 9.97 Å². The van der Waals surface area contributed by atoms with Gasteiger partial charge in [-0.1, -0.05) is 0 Å². The lowest BCUT2D eigenvalue weighted by atomic mass is 10.3. The van der Waals surface area contributed by atoms with Gasteiger partial charge in [0.15, 0.2) is 11.6 Å². The Bertz CT molecular complexity index is 283. The lowest BCUT2D eigenvalue weighted by Crippen LogP contribution is -2.34. The van der Waals surface area contributed by atoms with Crippen molar-refractivity contribution in [3.8, 4) is 5.75 Å². The van der Waals surface area contributed by atoms with Crippen molar-refractivity contribution in [1.29, 1.82) is 0 Å². The summed E-state index contributed by atoms with van der Waals surface area (Å²) in [5.41, 5.74) is 0. The maximum atomic E-state index is 5.51. The Hall–Kier alpha value is -1.20. The van der Waals surface area contributed by atoms with E-state index in [4.69, 9.17) is 9.47 Å². The summed E-state index contributed by atoms with van der Waals surface area (Å²) in [5, 5.41) is 3.23. The summed E-state index contributed by atoms with van der Waals surface area (Å²) in [6.07, 6.45) is 3.27. The van der Waals surface area contributed by atoms with Gasteiger partial charge < -0.3 is 14.8 Å². The average molecular weight is 195 g/mol. The molecule has 1 unspecified atom stereocenters. The normalized spacial score (nSPS) is 21.9. The van der Waals surface area contributed by atoms with Crippen molar-refractivity contribution in [1.82, 2.24) is 15.3 Å². The molecule has 14 heavy (non-hydrogen) atoms. The Morgan fingerprint density at radius 2 is 2.29 bits per heavy atom. The molecule has 2 rings (SSSR count). The lowest BCUT2D eigenvalue weighted by molar-refractivity contribution is 0.0220. The van der Waals surface area contributed by atoms with Gasteiger partial charge in [0, 0.05) is 13.1 Å². The van der Waals surface area contributed by atoms with E-state index in [0.29, 0.717) is 18.2 Å². The van der Waals surface area contributed by atoms with Crippen LogP contribution in [0.2, 0.25) is 0 Å². The summed E-state index contributed by atoms with van der Waals surface area (Å²) >= 11 is 0. The largest absolute Gasteiger partial charge is 0.494 e. The fraction of sp³-hybridized carbons (Fsp3) is 0.556. The monoisotopic (exact) mass is 195 g/mol. The van der Waals surface area contributed by atoms with E-state index >= 15 is 0 Å². The minimum atomic E-state index is -0.0327. The first kappa shape index (κ1) is 9.36. The van der Waals surface area contributed by atoms with Crippen LogP contribution in [0, 0.1) is 0 Å². The van der Waals surface area contributed by atoms with Crippen LogP contribution in [0.3, 0.4) is 0 Å². The molecule has 0 spiro atoms. The van der Waals surface area contributed by atoms with E-state index < -0.39 is 0 Å². The van der Waals surface area contributed by atoms with Crippen molar-refractivity contribution in [2.24, 2.45) is 0 Å². The molecule has 0 radical (unpaired) electrons. The molecule has 0 aromatic carbocycles. The van der Waals surface area contributed by atoms with E-state index in [1.807, 2.05) is 0 Å². The standard InChI is InChI=1S/C9H13N3O2/c1-13-7-4-11-9(12-5-7)8-6-10-2-3-14-8/h4-5,8,10H,2-3,6H2,1H3. The lowest BCUT2D eigenvalue weighted by Gasteiger charge is -2.22. The van der Waals surface area contributed by atoms with Crippen LogP contribution < -0.4 is 10.1 Å². The fourth-order valence-corrected chi connectivity index (χ4v) is 1.33. The minimum Gasteiger partial charge on any atom is -0.494 e. The maximum absolute atomic E-state index is 5.51. The number of rotatable bonds is 2. The van der Waals surface area contributed by atoms with Crippen molar-refractivity contribution < 1.29 is 9.47 Å². The van der Waals surface area contributed by atoms with E-state index in [1.165, 1.54) is 0 Å². The number of nitrogens with zero attached hydrogens (tertiary/aromatic N) is 2. The molecule has 1 aliphatic heterocycles. The van der Waals surface area contributed by atoms with E-state index in [-0.39, 0.29) is 6.10 Å². The Morgan fingerprint density at radius 3 is 2.86 bits per heavy atom. The molecule has 0 aliphatic carbocycles. The average Bonchev–Trinajstić information content (AvgIpc) is 2.30. The Labute approximate surface area is 82.5 Å². The van der Waals surface area contributed by atoms with Gasteiger partial charge in [-0.15, -0.1) is 0 Å². The van der Waals surface area contributed by atoms with Crippen molar-refractivity contribution >= 4 is 0 Å². The molecule has 76 valence electrons. The highest BCUT2D eigenvalue weighted by atomic mass is 16.5. The number of aromatic nitrogens is 2. The molecule has 5 heteroatoms. The summed E-state index contributed by atoms with van der Waals surface area (Å²) in [7, 11) is 1.59. The molecular formula is C9H13N3O2. The van der Waals surface area contributed by atoms with Crippen molar-refractivity contribution in [2.45, 2.75) is 6.10 Å². The zero-order valence-corrected chi connectivity index (χ0v) is 8.06. The highest BCUT2D eigenvalue weighted by Crippen LogP contribution is 2.15. The molecule has 1 aliphatic rings. The van der Waals surface area contributed by atoms with Gasteiger partial charge in [-0.05, 0) is 0 Å². The molecular weight excluding hydrogens is 182 g/mol. The second-order valence-electron chi connectivity index (χ2n) is 3.04. The summed E-state index contributed by atoms with van der Waals surface area (Å²) < 4.78 is 10.5. The Kier molecular flexibility index (Phi) is 2.90. The third-order valence-electron chi connectivity index (χ3n) is 2.10. The predicted molar refractivity (Wildman–Crippen MR) is 50.1 cm³/mol. The molecule has 1 aromatic heterocycles. The molecule has 1 saturated heterocycles. The van der Waals surface area contributed by atoms with Gasteiger partial charge in [0.2, 0.25) is 0 Å². The molecule has 1 atom stereocenters. The summed E-state index contributed by atoms with van der Waals surface area (Å²) in [4.78, 5) is 8.34. The number of methoxy groups -OCH3 is 1. The number of ether oxygens (including phenoxy) is 2. The predicted octanol–water partition coefficient (Wildman–Crippen LogP) is 0.146. The number of hydrogen-bond donors (Lipinski definition) is 1.